The van der Waals surface area contributed by atoms with E-state index >= 15 is 0 Å². The van der Waals surface area contributed by atoms with Crippen molar-refractivity contribution in [2.45, 2.75) is 32.7 Å². The molecule has 10 heteroatoms. The quantitative estimate of drug-likeness (QED) is 0.355. The average molecular weight is 508 g/mol. The molecule has 0 spiro atoms. The van der Waals surface area contributed by atoms with Crippen LogP contribution in [0.25, 0.3) is 11.0 Å². The predicted molar refractivity (Wildman–Crippen MR) is 136 cm³/mol. The Morgan fingerprint density at radius 3 is 2.39 bits per heavy atom. The first-order valence-corrected chi connectivity index (χ1v) is 12.3. The number of rotatable bonds is 7. The molecule has 3 heterocycles. The third-order valence-corrected chi connectivity index (χ3v) is 7.14. The number of fused-ring (bicyclic) bond motifs is 2. The van der Waals surface area contributed by atoms with Crippen LogP contribution in [-0.4, -0.2) is 37.4 Å². The number of ether oxygens (including phenoxy) is 3. The number of methoxy groups -OCH3 is 3. The van der Waals surface area contributed by atoms with Gasteiger partial charge in [-0.2, -0.15) is 0 Å². The van der Waals surface area contributed by atoms with E-state index in [9.17, 15) is 9.59 Å². The van der Waals surface area contributed by atoms with Gasteiger partial charge in [-0.25, -0.2) is 0 Å². The zero-order chi connectivity index (χ0) is 25.6. The highest BCUT2D eigenvalue weighted by Crippen LogP contribution is 2.46. The molecule has 1 aliphatic rings. The van der Waals surface area contributed by atoms with Crippen LogP contribution in [-0.2, 0) is 6.42 Å². The number of hydrogen-bond acceptors (Lipinski definition) is 9. The van der Waals surface area contributed by atoms with E-state index in [1.165, 1.54) is 37.6 Å². The SMILES string of the molecule is CCCc1nnc(N2C(=O)c3oc4ccc(C)cc4c(=O)c3C2c2cc(OC)c(OC)c(OC)c2)s1. The molecule has 4 aromatic rings. The van der Waals surface area contributed by atoms with Gasteiger partial charge in [0.05, 0.1) is 38.3 Å². The average Bonchev–Trinajstić information content (AvgIpc) is 3.46. The lowest BCUT2D eigenvalue weighted by Gasteiger charge is -2.24. The van der Waals surface area contributed by atoms with E-state index in [0.717, 1.165) is 23.4 Å². The number of carbonyl (C=O) groups is 1. The van der Waals surface area contributed by atoms with Crippen LogP contribution in [0.5, 0.6) is 17.2 Å². The molecule has 2 aromatic heterocycles. The Morgan fingerprint density at radius 1 is 1.03 bits per heavy atom. The van der Waals surface area contributed by atoms with Gasteiger partial charge in [0.2, 0.25) is 16.6 Å². The monoisotopic (exact) mass is 507 g/mol. The predicted octanol–water partition coefficient (Wildman–Crippen LogP) is 4.68. The lowest BCUT2D eigenvalue weighted by molar-refractivity contribution is 0.0970. The Balaban J connectivity index is 1.80. The Labute approximate surface area is 211 Å². The van der Waals surface area contributed by atoms with Crippen LogP contribution in [0.4, 0.5) is 5.13 Å². The molecule has 2 aromatic carbocycles. The molecule has 0 aliphatic carbocycles. The topological polar surface area (TPSA) is 104 Å². The molecular weight excluding hydrogens is 482 g/mol. The second-order valence-corrected chi connectivity index (χ2v) is 9.48. The molecule has 0 radical (unpaired) electrons. The van der Waals surface area contributed by atoms with E-state index in [1.807, 2.05) is 19.9 Å². The summed E-state index contributed by atoms with van der Waals surface area (Å²) < 4.78 is 22.6. The summed E-state index contributed by atoms with van der Waals surface area (Å²) in [6.45, 7) is 3.95. The molecule has 0 N–H and O–H groups in total. The van der Waals surface area contributed by atoms with Crippen molar-refractivity contribution in [3.05, 3.63) is 68.0 Å². The first kappa shape index (κ1) is 23.8. The van der Waals surface area contributed by atoms with Crippen LogP contribution in [0.15, 0.2) is 39.5 Å². The van der Waals surface area contributed by atoms with E-state index in [-0.39, 0.29) is 16.8 Å². The van der Waals surface area contributed by atoms with Gasteiger partial charge < -0.3 is 18.6 Å². The van der Waals surface area contributed by atoms with Crippen molar-refractivity contribution in [1.29, 1.82) is 0 Å². The zero-order valence-corrected chi connectivity index (χ0v) is 21.4. The maximum absolute atomic E-state index is 13.9. The fourth-order valence-corrected chi connectivity index (χ4v) is 5.48. The molecule has 1 aliphatic heterocycles. The van der Waals surface area contributed by atoms with Crippen LogP contribution in [0.2, 0.25) is 0 Å². The molecule has 0 saturated heterocycles. The normalized spacial score (nSPS) is 14.9. The second-order valence-electron chi connectivity index (χ2n) is 8.44. The third kappa shape index (κ3) is 3.69. The molecule has 0 bridgehead atoms. The van der Waals surface area contributed by atoms with E-state index in [0.29, 0.717) is 38.9 Å². The molecule has 5 rings (SSSR count). The van der Waals surface area contributed by atoms with Crippen molar-refractivity contribution in [2.24, 2.45) is 0 Å². The molecule has 9 nitrogen and oxygen atoms in total. The summed E-state index contributed by atoms with van der Waals surface area (Å²) >= 11 is 1.32. The number of carbonyl (C=O) groups excluding carboxylic acids is 1. The van der Waals surface area contributed by atoms with Crippen molar-refractivity contribution in [3.8, 4) is 17.2 Å². The lowest BCUT2D eigenvalue weighted by atomic mass is 9.97. The minimum atomic E-state index is -0.829. The first-order chi connectivity index (χ1) is 17.4. The molecule has 0 saturated carbocycles. The maximum Gasteiger partial charge on any atom is 0.297 e. The summed E-state index contributed by atoms with van der Waals surface area (Å²) in [5.74, 6) is 0.738. The van der Waals surface area contributed by atoms with Crippen LogP contribution in [0, 0.1) is 6.92 Å². The molecule has 36 heavy (non-hydrogen) atoms. The Hall–Kier alpha value is -3.92. The molecule has 1 amide bonds. The van der Waals surface area contributed by atoms with Gasteiger partial charge in [0, 0.05) is 6.42 Å². The number of nitrogens with zero attached hydrogens (tertiary/aromatic N) is 3. The highest BCUT2D eigenvalue weighted by atomic mass is 32.1. The number of amides is 1. The first-order valence-electron chi connectivity index (χ1n) is 11.4. The van der Waals surface area contributed by atoms with Crippen LogP contribution < -0.4 is 24.5 Å². The fourth-order valence-electron chi connectivity index (χ4n) is 4.52. The minimum Gasteiger partial charge on any atom is -0.493 e. The van der Waals surface area contributed by atoms with Crippen molar-refractivity contribution >= 4 is 33.3 Å². The maximum atomic E-state index is 13.9. The van der Waals surface area contributed by atoms with E-state index in [4.69, 9.17) is 18.6 Å². The molecule has 1 unspecified atom stereocenters. The van der Waals surface area contributed by atoms with Gasteiger partial charge in [0.15, 0.2) is 16.9 Å². The number of aromatic nitrogens is 2. The third-order valence-electron chi connectivity index (χ3n) is 6.15. The summed E-state index contributed by atoms with van der Waals surface area (Å²) in [6, 6.07) is 7.95. The van der Waals surface area contributed by atoms with Crippen molar-refractivity contribution in [3.63, 3.8) is 0 Å². The van der Waals surface area contributed by atoms with Gasteiger partial charge in [0.25, 0.3) is 5.91 Å². The summed E-state index contributed by atoms with van der Waals surface area (Å²) in [4.78, 5) is 29.1. The Bertz CT molecular complexity index is 1520. The largest absolute Gasteiger partial charge is 0.493 e. The van der Waals surface area contributed by atoms with E-state index < -0.39 is 11.9 Å². The Kier molecular flexibility index (Phi) is 6.13. The highest BCUT2D eigenvalue weighted by molar-refractivity contribution is 7.15. The standard InChI is InChI=1S/C26H25N3O6S/c1-6-7-19-27-28-26(36-19)29-21(14-11-17(32-3)23(34-5)18(12-14)33-4)20-22(30)15-10-13(2)8-9-16(15)35-24(20)25(29)31/h8-12,21H,6-7H2,1-5H3. The summed E-state index contributed by atoms with van der Waals surface area (Å²) in [5, 5.41) is 10.2. The van der Waals surface area contributed by atoms with Crippen LogP contribution in [0.3, 0.4) is 0 Å². The minimum absolute atomic E-state index is 0.0117. The fraction of sp³-hybridized carbons (Fsp3) is 0.308. The van der Waals surface area contributed by atoms with Gasteiger partial charge in [-0.15, -0.1) is 10.2 Å². The number of benzene rings is 2. The number of hydrogen-bond donors (Lipinski definition) is 0. The number of aryl methyl sites for hydroxylation is 2. The highest BCUT2D eigenvalue weighted by Gasteiger charge is 2.45. The van der Waals surface area contributed by atoms with Gasteiger partial charge in [0.1, 0.15) is 10.6 Å². The summed E-state index contributed by atoms with van der Waals surface area (Å²) in [7, 11) is 4.54. The Morgan fingerprint density at radius 2 is 1.75 bits per heavy atom. The summed E-state index contributed by atoms with van der Waals surface area (Å²) in [6.07, 6.45) is 1.63. The zero-order valence-electron chi connectivity index (χ0n) is 20.6. The summed E-state index contributed by atoms with van der Waals surface area (Å²) in [5.41, 5.74) is 1.81. The molecule has 186 valence electrons. The molecular formula is C26H25N3O6S. The van der Waals surface area contributed by atoms with Crippen LogP contribution in [0.1, 0.15) is 51.6 Å². The lowest BCUT2D eigenvalue weighted by Crippen LogP contribution is -2.29. The van der Waals surface area contributed by atoms with Crippen molar-refractivity contribution < 1.29 is 23.4 Å². The van der Waals surface area contributed by atoms with Crippen LogP contribution >= 0.6 is 11.3 Å². The van der Waals surface area contributed by atoms with Gasteiger partial charge in [-0.05, 0) is 43.2 Å². The van der Waals surface area contributed by atoms with Gasteiger partial charge in [-0.1, -0.05) is 29.9 Å². The smallest absolute Gasteiger partial charge is 0.297 e. The van der Waals surface area contributed by atoms with E-state index in [2.05, 4.69) is 10.2 Å². The second kappa shape index (κ2) is 9.27. The van der Waals surface area contributed by atoms with Crippen molar-refractivity contribution in [1.82, 2.24) is 10.2 Å². The molecule has 1 atom stereocenters. The number of anilines is 1. The van der Waals surface area contributed by atoms with Gasteiger partial charge in [-0.3, -0.25) is 14.5 Å². The van der Waals surface area contributed by atoms with E-state index in [1.54, 1.807) is 24.3 Å². The van der Waals surface area contributed by atoms with Gasteiger partial charge >= 0.3 is 0 Å². The van der Waals surface area contributed by atoms with Crippen molar-refractivity contribution in [2.75, 3.05) is 26.2 Å². The molecule has 0 fully saturated rings.